The molecule has 0 fully saturated rings. The zero-order valence-electron chi connectivity index (χ0n) is 10.9. The van der Waals surface area contributed by atoms with E-state index in [1.165, 1.54) is 12.1 Å². The Labute approximate surface area is 128 Å². The molecule has 110 valence electrons. The highest BCUT2D eigenvalue weighted by Gasteiger charge is 2.16. The maximum absolute atomic E-state index is 13.8. The van der Waals surface area contributed by atoms with Gasteiger partial charge in [0.25, 0.3) is 0 Å². The molecule has 0 heterocycles. The minimum absolute atomic E-state index is 0.345. The van der Waals surface area contributed by atoms with Gasteiger partial charge in [-0.05, 0) is 31.2 Å². The van der Waals surface area contributed by atoms with E-state index < -0.39 is 28.3 Å². The monoisotopic (exact) mass is 356 g/mol. The number of hydrogen-bond donors (Lipinski definition) is 1. The number of nitrogens with zero attached hydrogens (tertiary/aromatic N) is 1. The minimum atomic E-state index is -0.909. The summed E-state index contributed by atoms with van der Waals surface area (Å²) in [5.41, 5.74) is 0.131. The van der Waals surface area contributed by atoms with E-state index in [2.05, 4.69) is 21.2 Å². The van der Waals surface area contributed by atoms with Gasteiger partial charge in [-0.15, -0.1) is 0 Å². The molecule has 1 unspecified atom stereocenters. The lowest BCUT2D eigenvalue weighted by Crippen LogP contribution is -2.09. The highest BCUT2D eigenvalue weighted by molar-refractivity contribution is 9.10. The number of anilines is 1. The van der Waals surface area contributed by atoms with Crippen LogP contribution in [0.25, 0.3) is 0 Å². The van der Waals surface area contributed by atoms with Crippen molar-refractivity contribution in [3.63, 3.8) is 0 Å². The van der Waals surface area contributed by atoms with Crippen molar-refractivity contribution in [2.24, 2.45) is 0 Å². The third-order valence-electron chi connectivity index (χ3n) is 2.96. The van der Waals surface area contributed by atoms with E-state index in [0.29, 0.717) is 15.7 Å². The Morgan fingerprint density at radius 2 is 1.90 bits per heavy atom. The Bertz CT molecular complexity index is 695. The van der Waals surface area contributed by atoms with E-state index in [1.54, 1.807) is 19.1 Å². The lowest BCUT2D eigenvalue weighted by atomic mass is 10.1. The molecule has 7 heteroatoms. The molecule has 0 aliphatic rings. The highest BCUT2D eigenvalue weighted by Crippen LogP contribution is 2.27. The smallest absolute Gasteiger partial charge is 0.306 e. The Balaban J connectivity index is 2.25. The summed E-state index contributed by atoms with van der Waals surface area (Å²) in [5, 5.41) is 13.6. The normalized spacial score (nSPS) is 12.0. The summed E-state index contributed by atoms with van der Waals surface area (Å²) in [6.45, 7) is 1.71. The van der Waals surface area contributed by atoms with Crippen molar-refractivity contribution in [1.82, 2.24) is 0 Å². The summed E-state index contributed by atoms with van der Waals surface area (Å²) in [6.07, 6.45) is 0. The van der Waals surface area contributed by atoms with Crippen LogP contribution in [0, 0.1) is 21.7 Å². The second-order valence-electron chi connectivity index (χ2n) is 4.46. The summed E-state index contributed by atoms with van der Waals surface area (Å²) in [7, 11) is 0. The first-order valence-corrected chi connectivity index (χ1v) is 6.83. The molecule has 0 aliphatic heterocycles. The number of rotatable bonds is 4. The van der Waals surface area contributed by atoms with Crippen LogP contribution in [0.3, 0.4) is 0 Å². The average Bonchev–Trinajstić information content (AvgIpc) is 2.40. The van der Waals surface area contributed by atoms with Crippen LogP contribution in [0.1, 0.15) is 18.5 Å². The first kappa shape index (κ1) is 15.4. The number of halogens is 3. The zero-order chi connectivity index (χ0) is 15.6. The van der Waals surface area contributed by atoms with Crippen LogP contribution in [-0.4, -0.2) is 4.92 Å². The van der Waals surface area contributed by atoms with Crippen molar-refractivity contribution >= 4 is 27.3 Å². The van der Waals surface area contributed by atoms with Crippen LogP contribution < -0.4 is 5.32 Å². The van der Waals surface area contributed by atoms with Crippen LogP contribution in [-0.2, 0) is 0 Å². The zero-order valence-corrected chi connectivity index (χ0v) is 12.5. The second kappa shape index (κ2) is 6.17. The van der Waals surface area contributed by atoms with Gasteiger partial charge in [0.2, 0.25) is 5.82 Å². The molecule has 1 N–H and O–H groups in total. The summed E-state index contributed by atoms with van der Waals surface area (Å²) in [5.74, 6) is -1.31. The standard InChI is InChI=1S/C14H11BrF2N2O2/c1-8(11-4-2-9(15)6-13(11)17)18-10-3-5-12(16)14(7-10)19(20)21/h2-8,18H,1H3. The van der Waals surface area contributed by atoms with Crippen LogP contribution in [0.15, 0.2) is 40.9 Å². The maximum atomic E-state index is 13.8. The van der Waals surface area contributed by atoms with Crippen molar-refractivity contribution in [3.8, 4) is 0 Å². The van der Waals surface area contributed by atoms with Gasteiger partial charge < -0.3 is 5.32 Å². The molecule has 0 saturated heterocycles. The Hall–Kier alpha value is -2.02. The third-order valence-corrected chi connectivity index (χ3v) is 3.45. The van der Waals surface area contributed by atoms with Crippen LogP contribution in [0.2, 0.25) is 0 Å². The van der Waals surface area contributed by atoms with Crippen molar-refractivity contribution in [2.75, 3.05) is 5.32 Å². The molecule has 0 saturated carbocycles. The molecule has 2 aromatic carbocycles. The molecule has 0 radical (unpaired) electrons. The number of hydrogen-bond acceptors (Lipinski definition) is 3. The van der Waals surface area contributed by atoms with Crippen molar-refractivity contribution in [3.05, 3.63) is 68.2 Å². The lowest BCUT2D eigenvalue weighted by molar-refractivity contribution is -0.387. The second-order valence-corrected chi connectivity index (χ2v) is 5.37. The molecule has 2 rings (SSSR count). The molecule has 0 aromatic heterocycles. The molecule has 21 heavy (non-hydrogen) atoms. The van der Waals surface area contributed by atoms with Gasteiger partial charge in [0.15, 0.2) is 0 Å². The summed E-state index contributed by atoms with van der Waals surface area (Å²) in [6, 6.07) is 7.67. The van der Waals surface area contributed by atoms with Gasteiger partial charge in [-0.2, -0.15) is 4.39 Å². The van der Waals surface area contributed by atoms with Gasteiger partial charge in [-0.1, -0.05) is 22.0 Å². The van der Waals surface area contributed by atoms with Gasteiger partial charge in [0.05, 0.1) is 11.0 Å². The van der Waals surface area contributed by atoms with Gasteiger partial charge in [0, 0.05) is 21.8 Å². The molecular weight excluding hydrogens is 346 g/mol. The molecule has 1 atom stereocenters. The number of nitrogens with one attached hydrogen (secondary N) is 1. The third kappa shape index (κ3) is 3.55. The first-order chi connectivity index (χ1) is 9.88. The number of benzene rings is 2. The number of nitro groups is 1. The Kier molecular flexibility index (Phi) is 4.52. The predicted molar refractivity (Wildman–Crippen MR) is 79.2 cm³/mol. The Morgan fingerprint density at radius 1 is 1.19 bits per heavy atom. The topological polar surface area (TPSA) is 55.2 Å². The van der Waals surface area contributed by atoms with E-state index >= 15 is 0 Å². The molecular formula is C14H11BrF2N2O2. The van der Waals surface area contributed by atoms with E-state index in [1.807, 2.05) is 0 Å². The fourth-order valence-corrected chi connectivity index (χ4v) is 2.26. The SMILES string of the molecule is CC(Nc1ccc(F)c([N+](=O)[O-])c1)c1ccc(Br)cc1F. The fraction of sp³-hybridized carbons (Fsp3) is 0.143. The van der Waals surface area contributed by atoms with Crippen LogP contribution in [0.5, 0.6) is 0 Å². The largest absolute Gasteiger partial charge is 0.378 e. The quantitative estimate of drug-likeness (QED) is 0.631. The van der Waals surface area contributed by atoms with Gasteiger partial charge in [0.1, 0.15) is 5.82 Å². The predicted octanol–water partition coefficient (Wildman–Crippen LogP) is 4.81. The van der Waals surface area contributed by atoms with E-state index in [-0.39, 0.29) is 0 Å². The summed E-state index contributed by atoms with van der Waals surface area (Å²) < 4.78 is 27.7. The fourth-order valence-electron chi connectivity index (χ4n) is 1.92. The van der Waals surface area contributed by atoms with Gasteiger partial charge >= 0.3 is 5.69 Å². The first-order valence-electron chi connectivity index (χ1n) is 6.04. The van der Waals surface area contributed by atoms with Crippen molar-refractivity contribution < 1.29 is 13.7 Å². The number of nitro benzene ring substituents is 1. The lowest BCUT2D eigenvalue weighted by Gasteiger charge is -2.16. The van der Waals surface area contributed by atoms with Gasteiger partial charge in [-0.3, -0.25) is 10.1 Å². The van der Waals surface area contributed by atoms with Crippen LogP contribution in [0.4, 0.5) is 20.2 Å². The van der Waals surface area contributed by atoms with Crippen molar-refractivity contribution in [1.29, 1.82) is 0 Å². The molecule has 2 aromatic rings. The minimum Gasteiger partial charge on any atom is -0.378 e. The highest BCUT2D eigenvalue weighted by atomic mass is 79.9. The average molecular weight is 357 g/mol. The summed E-state index contributed by atoms with van der Waals surface area (Å²) in [4.78, 5) is 9.89. The molecule has 0 bridgehead atoms. The van der Waals surface area contributed by atoms with Gasteiger partial charge in [-0.25, -0.2) is 4.39 Å². The maximum Gasteiger partial charge on any atom is 0.306 e. The molecule has 0 amide bonds. The Morgan fingerprint density at radius 3 is 2.52 bits per heavy atom. The van der Waals surface area contributed by atoms with E-state index in [9.17, 15) is 18.9 Å². The van der Waals surface area contributed by atoms with Crippen LogP contribution >= 0.6 is 15.9 Å². The summed E-state index contributed by atoms with van der Waals surface area (Å²) >= 11 is 3.17. The molecule has 4 nitrogen and oxygen atoms in total. The molecule has 0 aliphatic carbocycles. The van der Waals surface area contributed by atoms with E-state index in [0.717, 1.165) is 12.1 Å². The van der Waals surface area contributed by atoms with E-state index in [4.69, 9.17) is 0 Å². The molecule has 0 spiro atoms. The van der Waals surface area contributed by atoms with Crippen molar-refractivity contribution in [2.45, 2.75) is 13.0 Å².